The molecule has 9 nitrogen and oxygen atoms in total. The molecule has 2 amide bonds. The van der Waals surface area contributed by atoms with Crippen LogP contribution < -0.4 is 11.1 Å². The van der Waals surface area contributed by atoms with Gasteiger partial charge in [0, 0.05) is 29.4 Å². The third-order valence-electron chi connectivity index (χ3n) is 5.66. The first kappa shape index (κ1) is 18.2. The molecular weight excluding hydrogens is 380 g/mol. The number of aromatic amines is 2. The smallest absolute Gasteiger partial charge is 0.315 e. The van der Waals surface area contributed by atoms with Crippen LogP contribution in [-0.4, -0.2) is 48.7 Å². The standard InChI is InChI=1S/C21H22N8O/c1-2-15-8-12(5-6-29(15)21(22)30)18-9-16-19(23-11-24-20(16)27-18)26-14-3-4-17-13(7-14)10-25-28-17/h3-5,7,9-11,15H,2,6,8H2,1H3,(H2,22,30)(H,25,28)(H2,23,24,26,27). The van der Waals surface area contributed by atoms with E-state index in [0.29, 0.717) is 6.54 Å². The van der Waals surface area contributed by atoms with Crippen molar-refractivity contribution < 1.29 is 4.79 Å². The number of anilines is 2. The van der Waals surface area contributed by atoms with E-state index in [2.05, 4.69) is 49.5 Å². The minimum atomic E-state index is -0.374. The fourth-order valence-corrected chi connectivity index (χ4v) is 4.03. The Morgan fingerprint density at radius 3 is 3.07 bits per heavy atom. The molecule has 0 fully saturated rings. The average molecular weight is 402 g/mol. The first-order valence-corrected chi connectivity index (χ1v) is 9.91. The number of rotatable bonds is 4. The summed E-state index contributed by atoms with van der Waals surface area (Å²) >= 11 is 0. The van der Waals surface area contributed by atoms with Crippen molar-refractivity contribution in [2.75, 3.05) is 11.9 Å². The molecule has 3 aromatic heterocycles. The van der Waals surface area contributed by atoms with Crippen LogP contribution >= 0.6 is 0 Å². The maximum absolute atomic E-state index is 11.7. The Balaban J connectivity index is 1.47. The molecule has 30 heavy (non-hydrogen) atoms. The van der Waals surface area contributed by atoms with E-state index in [-0.39, 0.29) is 12.1 Å². The fraction of sp³-hybridized carbons (Fsp3) is 0.238. The number of hydrogen-bond acceptors (Lipinski definition) is 5. The second kappa shape index (κ2) is 7.18. The zero-order chi connectivity index (χ0) is 20.7. The van der Waals surface area contributed by atoms with Gasteiger partial charge in [0.05, 0.1) is 17.1 Å². The average Bonchev–Trinajstić information content (AvgIpc) is 3.40. The van der Waals surface area contributed by atoms with Gasteiger partial charge >= 0.3 is 6.03 Å². The molecule has 9 heteroatoms. The van der Waals surface area contributed by atoms with Gasteiger partial charge in [-0.05, 0) is 42.7 Å². The fourth-order valence-electron chi connectivity index (χ4n) is 4.03. The summed E-state index contributed by atoms with van der Waals surface area (Å²) in [4.78, 5) is 25.6. The Hall–Kier alpha value is -3.88. The van der Waals surface area contributed by atoms with Gasteiger partial charge in [-0.25, -0.2) is 14.8 Å². The van der Waals surface area contributed by atoms with E-state index in [1.54, 1.807) is 17.4 Å². The van der Waals surface area contributed by atoms with E-state index in [0.717, 1.165) is 57.6 Å². The summed E-state index contributed by atoms with van der Waals surface area (Å²) in [5.41, 5.74) is 10.3. The molecule has 4 heterocycles. The minimum absolute atomic E-state index is 0.0966. The molecule has 1 aromatic carbocycles. The Labute approximate surface area is 172 Å². The molecule has 152 valence electrons. The first-order valence-electron chi connectivity index (χ1n) is 9.91. The van der Waals surface area contributed by atoms with Crippen molar-refractivity contribution >= 4 is 45.0 Å². The van der Waals surface area contributed by atoms with E-state index >= 15 is 0 Å². The number of carbonyl (C=O) groups excluding carboxylic acids is 1. The summed E-state index contributed by atoms with van der Waals surface area (Å²) in [6.07, 6.45) is 6.98. The van der Waals surface area contributed by atoms with E-state index in [9.17, 15) is 4.79 Å². The highest BCUT2D eigenvalue weighted by Crippen LogP contribution is 2.32. The molecule has 0 bridgehead atoms. The highest BCUT2D eigenvalue weighted by molar-refractivity contribution is 5.93. The summed E-state index contributed by atoms with van der Waals surface area (Å²) in [5, 5.41) is 12.3. The first-order chi connectivity index (χ1) is 14.6. The van der Waals surface area contributed by atoms with Crippen LogP contribution in [-0.2, 0) is 0 Å². The summed E-state index contributed by atoms with van der Waals surface area (Å²) in [6, 6.07) is 7.77. The number of carbonyl (C=O) groups is 1. The molecule has 0 spiro atoms. The van der Waals surface area contributed by atoms with Gasteiger partial charge in [-0.3, -0.25) is 5.10 Å². The monoisotopic (exact) mass is 402 g/mol. The van der Waals surface area contributed by atoms with Crippen LogP contribution in [0.1, 0.15) is 25.5 Å². The van der Waals surface area contributed by atoms with E-state index in [4.69, 9.17) is 5.73 Å². The number of nitrogens with zero attached hydrogens (tertiary/aromatic N) is 4. The Kier molecular flexibility index (Phi) is 4.35. The lowest BCUT2D eigenvalue weighted by Crippen LogP contribution is -2.45. The van der Waals surface area contributed by atoms with Gasteiger partial charge in [0.25, 0.3) is 0 Å². The van der Waals surface area contributed by atoms with Gasteiger partial charge in [0.15, 0.2) is 0 Å². The molecule has 0 saturated heterocycles. The van der Waals surface area contributed by atoms with Gasteiger partial charge in [-0.15, -0.1) is 0 Å². The molecule has 0 aliphatic carbocycles. The molecular formula is C21H22N8O. The van der Waals surface area contributed by atoms with Crippen LogP contribution in [0.2, 0.25) is 0 Å². The van der Waals surface area contributed by atoms with Crippen molar-refractivity contribution in [3.05, 3.63) is 48.6 Å². The lowest BCUT2D eigenvalue weighted by Gasteiger charge is -2.33. The third kappa shape index (κ3) is 3.14. The SMILES string of the molecule is CCC1CC(c2cc3c(Nc4ccc5[nH]ncc5c4)ncnc3[nH]2)=CCN1C(N)=O. The predicted molar refractivity (Wildman–Crippen MR) is 116 cm³/mol. The van der Waals surface area contributed by atoms with Crippen molar-refractivity contribution in [2.24, 2.45) is 5.73 Å². The summed E-state index contributed by atoms with van der Waals surface area (Å²) in [6.45, 7) is 2.58. The molecule has 5 N–H and O–H groups in total. The van der Waals surface area contributed by atoms with E-state index in [1.807, 2.05) is 18.2 Å². The van der Waals surface area contributed by atoms with Gasteiger partial charge in [-0.1, -0.05) is 13.0 Å². The molecule has 5 rings (SSSR count). The second-order valence-corrected chi connectivity index (χ2v) is 7.45. The summed E-state index contributed by atoms with van der Waals surface area (Å²) in [5.74, 6) is 0.729. The van der Waals surface area contributed by atoms with Crippen molar-refractivity contribution in [2.45, 2.75) is 25.8 Å². The van der Waals surface area contributed by atoms with Gasteiger partial charge in [0.1, 0.15) is 17.8 Å². The van der Waals surface area contributed by atoms with Crippen LogP contribution in [0.15, 0.2) is 42.9 Å². The van der Waals surface area contributed by atoms with E-state index in [1.165, 1.54) is 0 Å². The number of amides is 2. The normalized spacial score (nSPS) is 16.8. The maximum Gasteiger partial charge on any atom is 0.315 e. The number of hydrogen-bond donors (Lipinski definition) is 4. The molecule has 1 atom stereocenters. The topological polar surface area (TPSA) is 129 Å². The van der Waals surface area contributed by atoms with Gasteiger partial charge in [0.2, 0.25) is 0 Å². The lowest BCUT2D eigenvalue weighted by atomic mass is 9.96. The molecule has 0 radical (unpaired) electrons. The van der Waals surface area contributed by atoms with Crippen molar-refractivity contribution in [3.8, 4) is 0 Å². The third-order valence-corrected chi connectivity index (χ3v) is 5.66. The number of nitrogens with one attached hydrogen (secondary N) is 3. The number of aromatic nitrogens is 5. The highest BCUT2D eigenvalue weighted by atomic mass is 16.2. The Morgan fingerprint density at radius 1 is 1.33 bits per heavy atom. The van der Waals surface area contributed by atoms with Crippen LogP contribution in [0.25, 0.3) is 27.5 Å². The number of primary amides is 1. The Bertz CT molecular complexity index is 1270. The molecule has 1 aliphatic rings. The lowest BCUT2D eigenvalue weighted by molar-refractivity contribution is 0.187. The predicted octanol–water partition coefficient (Wildman–Crippen LogP) is 3.52. The molecule has 0 saturated carbocycles. The zero-order valence-corrected chi connectivity index (χ0v) is 16.5. The largest absolute Gasteiger partial charge is 0.351 e. The molecule has 1 unspecified atom stereocenters. The summed E-state index contributed by atoms with van der Waals surface area (Å²) < 4.78 is 0. The number of fused-ring (bicyclic) bond motifs is 2. The van der Waals surface area contributed by atoms with Crippen molar-refractivity contribution in [3.63, 3.8) is 0 Å². The zero-order valence-electron chi connectivity index (χ0n) is 16.5. The number of H-pyrrole nitrogens is 2. The highest BCUT2D eigenvalue weighted by Gasteiger charge is 2.26. The van der Waals surface area contributed by atoms with Crippen LogP contribution in [0.5, 0.6) is 0 Å². The number of urea groups is 1. The number of nitrogens with two attached hydrogens (primary N) is 1. The summed E-state index contributed by atoms with van der Waals surface area (Å²) in [7, 11) is 0. The second-order valence-electron chi connectivity index (χ2n) is 7.45. The maximum atomic E-state index is 11.7. The molecule has 4 aromatic rings. The molecule has 1 aliphatic heterocycles. The Morgan fingerprint density at radius 2 is 2.23 bits per heavy atom. The van der Waals surface area contributed by atoms with Crippen LogP contribution in [0.4, 0.5) is 16.3 Å². The quantitative estimate of drug-likeness (QED) is 0.415. The van der Waals surface area contributed by atoms with E-state index < -0.39 is 0 Å². The minimum Gasteiger partial charge on any atom is -0.351 e. The van der Waals surface area contributed by atoms with Crippen molar-refractivity contribution in [1.82, 2.24) is 30.0 Å². The van der Waals surface area contributed by atoms with Gasteiger partial charge in [-0.2, -0.15) is 5.10 Å². The van der Waals surface area contributed by atoms with Crippen molar-refractivity contribution in [1.29, 1.82) is 0 Å². The number of benzene rings is 1. The van der Waals surface area contributed by atoms with Gasteiger partial charge < -0.3 is 20.9 Å². The van der Waals surface area contributed by atoms with Crippen LogP contribution in [0.3, 0.4) is 0 Å². The van der Waals surface area contributed by atoms with Crippen LogP contribution in [0, 0.1) is 0 Å².